The molecule has 0 atom stereocenters. The largest absolute Gasteiger partial charge is 0.327 e. The summed E-state index contributed by atoms with van der Waals surface area (Å²) in [6.45, 7) is 0.549. The van der Waals surface area contributed by atoms with E-state index < -0.39 is 0 Å². The molecule has 0 aliphatic carbocycles. The Bertz CT molecular complexity index is 297. The monoisotopic (exact) mass is 245 g/mol. The second-order valence-corrected chi connectivity index (χ2v) is 3.57. The van der Waals surface area contributed by atoms with Crippen molar-refractivity contribution >= 4 is 33.6 Å². The minimum atomic E-state index is 0.549. The van der Waals surface area contributed by atoms with Gasteiger partial charge in [0.25, 0.3) is 0 Å². The fraction of sp³-hybridized carbons (Fsp3) is 0.111. The van der Waals surface area contributed by atoms with E-state index in [-0.39, 0.29) is 0 Å². The van der Waals surface area contributed by atoms with Crippen molar-refractivity contribution in [2.45, 2.75) is 0 Å². The molecule has 0 saturated carbocycles. The fourth-order valence-electron chi connectivity index (χ4n) is 0.820. The lowest BCUT2D eigenvalue weighted by molar-refractivity contribution is 1.26. The topological polar surface area (TPSA) is 26.0 Å². The number of benzene rings is 1. The molecule has 0 spiro atoms. The van der Waals surface area contributed by atoms with Crippen molar-refractivity contribution in [1.29, 1.82) is 0 Å². The average Bonchev–Trinajstić information content (AvgIpc) is 2.07. The van der Waals surface area contributed by atoms with Gasteiger partial charge in [-0.25, -0.2) is 0 Å². The quantitative estimate of drug-likeness (QED) is 0.853. The molecule has 1 nitrogen and oxygen atoms in total. The Labute approximate surface area is 85.3 Å². The molecule has 64 valence electrons. The molecule has 0 radical (unpaired) electrons. The van der Waals surface area contributed by atoms with Crippen molar-refractivity contribution in [3.05, 3.63) is 39.3 Å². The highest BCUT2D eigenvalue weighted by Crippen LogP contribution is 2.23. The summed E-state index contributed by atoms with van der Waals surface area (Å²) in [7, 11) is 0. The van der Waals surface area contributed by atoms with Gasteiger partial charge in [0, 0.05) is 11.0 Å². The van der Waals surface area contributed by atoms with E-state index in [9.17, 15) is 0 Å². The molecular weight excluding hydrogens is 237 g/mol. The Hall–Kier alpha value is -0.310. The maximum Gasteiger partial charge on any atom is 0.0554 e. The molecule has 0 unspecified atom stereocenters. The van der Waals surface area contributed by atoms with Crippen LogP contribution in [0.1, 0.15) is 5.56 Å². The summed E-state index contributed by atoms with van der Waals surface area (Å²) in [4.78, 5) is 0. The second-order valence-electron chi connectivity index (χ2n) is 2.31. The van der Waals surface area contributed by atoms with E-state index in [0.717, 1.165) is 10.0 Å². The van der Waals surface area contributed by atoms with E-state index in [1.54, 1.807) is 0 Å². The van der Waals surface area contributed by atoms with Crippen molar-refractivity contribution in [3.8, 4) is 0 Å². The molecular formula is C9H9BrClN. The molecule has 0 saturated heterocycles. The lowest BCUT2D eigenvalue weighted by Gasteiger charge is -1.96. The third-order valence-electron chi connectivity index (χ3n) is 1.39. The van der Waals surface area contributed by atoms with Gasteiger partial charge in [-0.15, -0.1) is 0 Å². The van der Waals surface area contributed by atoms with Crippen molar-refractivity contribution in [2.75, 3.05) is 6.54 Å². The third-order valence-corrected chi connectivity index (χ3v) is 2.62. The van der Waals surface area contributed by atoms with Crippen LogP contribution in [0.15, 0.2) is 28.7 Å². The minimum Gasteiger partial charge on any atom is -0.327 e. The van der Waals surface area contributed by atoms with Crippen LogP contribution in [-0.4, -0.2) is 6.54 Å². The van der Waals surface area contributed by atoms with Crippen molar-refractivity contribution in [2.24, 2.45) is 5.73 Å². The number of hydrogen-bond donors (Lipinski definition) is 1. The van der Waals surface area contributed by atoms with Crippen LogP contribution in [-0.2, 0) is 0 Å². The molecule has 0 fully saturated rings. The molecule has 0 heterocycles. The van der Waals surface area contributed by atoms with Crippen LogP contribution >= 0.6 is 27.5 Å². The van der Waals surface area contributed by atoms with Crippen LogP contribution in [0.5, 0.6) is 0 Å². The Morgan fingerprint density at radius 3 is 2.83 bits per heavy atom. The normalized spacial score (nSPS) is 10.9. The highest BCUT2D eigenvalue weighted by molar-refractivity contribution is 9.10. The van der Waals surface area contributed by atoms with Gasteiger partial charge in [0.05, 0.1) is 5.02 Å². The highest BCUT2D eigenvalue weighted by Gasteiger charge is 1.95. The first kappa shape index (κ1) is 9.78. The molecule has 0 bridgehead atoms. The highest BCUT2D eigenvalue weighted by atomic mass is 79.9. The van der Waals surface area contributed by atoms with Crippen LogP contribution in [0, 0.1) is 0 Å². The molecule has 1 aromatic rings. The lowest BCUT2D eigenvalue weighted by atomic mass is 10.2. The molecule has 0 amide bonds. The number of rotatable bonds is 2. The van der Waals surface area contributed by atoms with Crippen molar-refractivity contribution in [1.82, 2.24) is 0 Å². The summed E-state index contributed by atoms with van der Waals surface area (Å²) in [5.74, 6) is 0. The van der Waals surface area contributed by atoms with E-state index >= 15 is 0 Å². The zero-order valence-corrected chi connectivity index (χ0v) is 8.77. The van der Waals surface area contributed by atoms with E-state index in [2.05, 4.69) is 15.9 Å². The van der Waals surface area contributed by atoms with Crippen LogP contribution in [0.3, 0.4) is 0 Å². The molecule has 3 heteroatoms. The van der Waals surface area contributed by atoms with Gasteiger partial charge in [-0.2, -0.15) is 0 Å². The van der Waals surface area contributed by atoms with Gasteiger partial charge in [-0.1, -0.05) is 29.8 Å². The van der Waals surface area contributed by atoms with Crippen LogP contribution in [0.2, 0.25) is 5.02 Å². The van der Waals surface area contributed by atoms with Crippen molar-refractivity contribution < 1.29 is 0 Å². The third kappa shape index (κ3) is 2.63. The van der Waals surface area contributed by atoms with Gasteiger partial charge in [0.1, 0.15) is 0 Å². The molecule has 0 aliphatic rings. The summed E-state index contributed by atoms with van der Waals surface area (Å²) in [5, 5.41) is 0.717. The lowest BCUT2D eigenvalue weighted by Crippen LogP contribution is -1.91. The van der Waals surface area contributed by atoms with E-state index in [0.29, 0.717) is 11.6 Å². The Balaban J connectivity index is 2.89. The van der Waals surface area contributed by atoms with Gasteiger partial charge >= 0.3 is 0 Å². The second kappa shape index (κ2) is 4.65. The first-order chi connectivity index (χ1) is 5.74. The van der Waals surface area contributed by atoms with Crippen LogP contribution in [0.25, 0.3) is 6.08 Å². The smallest absolute Gasteiger partial charge is 0.0554 e. The SMILES string of the molecule is NCC=Cc1ccc(Br)c(Cl)c1. The molecule has 0 aliphatic heterocycles. The van der Waals surface area contributed by atoms with E-state index in [1.165, 1.54) is 0 Å². The summed E-state index contributed by atoms with van der Waals surface area (Å²) < 4.78 is 0.911. The Morgan fingerprint density at radius 1 is 1.50 bits per heavy atom. The minimum absolute atomic E-state index is 0.549. The zero-order chi connectivity index (χ0) is 8.97. The van der Waals surface area contributed by atoms with Gasteiger partial charge in [0.2, 0.25) is 0 Å². The van der Waals surface area contributed by atoms with Crippen LogP contribution in [0.4, 0.5) is 0 Å². The molecule has 1 aromatic carbocycles. The van der Waals surface area contributed by atoms with Gasteiger partial charge in [0.15, 0.2) is 0 Å². The first-order valence-electron chi connectivity index (χ1n) is 3.55. The molecule has 1 rings (SSSR count). The predicted octanol–water partition coefficient (Wildman–Crippen LogP) is 3.07. The number of nitrogens with two attached hydrogens (primary N) is 1. The number of halogens is 2. The summed E-state index contributed by atoms with van der Waals surface area (Å²) in [5.41, 5.74) is 6.38. The van der Waals surface area contributed by atoms with Crippen molar-refractivity contribution in [3.63, 3.8) is 0 Å². The van der Waals surface area contributed by atoms with Gasteiger partial charge in [-0.05, 0) is 33.6 Å². The Kier molecular flexibility index (Phi) is 3.79. The molecule has 12 heavy (non-hydrogen) atoms. The maximum atomic E-state index is 5.88. The molecule has 2 N–H and O–H groups in total. The number of hydrogen-bond acceptors (Lipinski definition) is 1. The van der Waals surface area contributed by atoms with E-state index in [4.69, 9.17) is 17.3 Å². The maximum absolute atomic E-state index is 5.88. The first-order valence-corrected chi connectivity index (χ1v) is 4.73. The average molecular weight is 247 g/mol. The van der Waals surface area contributed by atoms with Crippen LogP contribution < -0.4 is 5.73 Å². The predicted molar refractivity (Wildman–Crippen MR) is 57.2 cm³/mol. The Morgan fingerprint density at radius 2 is 2.25 bits per heavy atom. The zero-order valence-electron chi connectivity index (χ0n) is 6.43. The summed E-state index contributed by atoms with van der Waals surface area (Å²) in [6.07, 6.45) is 3.83. The fourth-order valence-corrected chi connectivity index (χ4v) is 1.26. The summed E-state index contributed by atoms with van der Waals surface area (Å²) >= 11 is 9.20. The molecule has 0 aromatic heterocycles. The van der Waals surface area contributed by atoms with E-state index in [1.807, 2.05) is 30.4 Å². The summed E-state index contributed by atoms with van der Waals surface area (Å²) in [6, 6.07) is 5.78. The standard InChI is InChI=1S/C9H9BrClN/c10-8-4-3-7(2-1-5-12)6-9(8)11/h1-4,6H,5,12H2. The van der Waals surface area contributed by atoms with Gasteiger partial charge in [-0.3, -0.25) is 0 Å². The van der Waals surface area contributed by atoms with Gasteiger partial charge < -0.3 is 5.73 Å².